The molecule has 2 aromatic carbocycles. The first-order chi connectivity index (χ1) is 15.6. The summed E-state index contributed by atoms with van der Waals surface area (Å²) >= 11 is 0. The van der Waals surface area contributed by atoms with Crippen LogP contribution in [0.4, 0.5) is 5.69 Å². The van der Waals surface area contributed by atoms with Gasteiger partial charge in [0.2, 0.25) is 0 Å². The molecular formula is C23H23N7O2. The third-order valence-corrected chi connectivity index (χ3v) is 4.96. The van der Waals surface area contributed by atoms with E-state index in [2.05, 4.69) is 30.8 Å². The number of nitrogens with one attached hydrogen (secondary N) is 2. The van der Waals surface area contributed by atoms with Crippen LogP contribution in [0.5, 0.6) is 5.75 Å². The Morgan fingerprint density at radius 3 is 2.66 bits per heavy atom. The van der Waals surface area contributed by atoms with Crippen LogP contribution >= 0.6 is 0 Å². The molecule has 9 heteroatoms. The maximum Gasteiger partial charge on any atom is 0.251 e. The molecule has 4 aromatic rings. The molecule has 162 valence electrons. The predicted octanol–water partition coefficient (Wildman–Crippen LogP) is 2.82. The first-order valence-corrected chi connectivity index (χ1v) is 10.0. The van der Waals surface area contributed by atoms with Crippen molar-refractivity contribution in [3.05, 3.63) is 84.1 Å². The summed E-state index contributed by atoms with van der Waals surface area (Å²) in [5, 5.41) is 14.7. The SMILES string of the molecule is COc1ccc(CNC(=O)c2cccc(NCc3nnc(-c4ccncn4)n3C)c2)cc1. The Kier molecular flexibility index (Phi) is 6.35. The summed E-state index contributed by atoms with van der Waals surface area (Å²) in [6, 6.07) is 16.7. The highest BCUT2D eigenvalue weighted by Crippen LogP contribution is 2.16. The van der Waals surface area contributed by atoms with E-state index < -0.39 is 0 Å². The van der Waals surface area contributed by atoms with E-state index >= 15 is 0 Å². The van der Waals surface area contributed by atoms with Gasteiger partial charge in [0.25, 0.3) is 5.91 Å². The molecule has 1 amide bonds. The van der Waals surface area contributed by atoms with E-state index in [4.69, 9.17) is 4.74 Å². The number of ether oxygens (including phenoxy) is 1. The molecule has 2 heterocycles. The van der Waals surface area contributed by atoms with Crippen LogP contribution in [0.15, 0.2) is 67.1 Å². The van der Waals surface area contributed by atoms with Gasteiger partial charge in [-0.2, -0.15) is 0 Å². The molecule has 0 saturated heterocycles. The highest BCUT2D eigenvalue weighted by Gasteiger charge is 2.12. The fourth-order valence-electron chi connectivity index (χ4n) is 3.14. The number of anilines is 1. The number of hydrogen-bond donors (Lipinski definition) is 2. The number of benzene rings is 2. The molecule has 4 rings (SSSR count). The topological polar surface area (TPSA) is 107 Å². The standard InChI is InChI=1S/C23H23N7O2/c1-30-21(28-29-22(30)20-10-11-24-15-27-20)14-25-18-5-3-4-17(12-18)23(31)26-13-16-6-8-19(32-2)9-7-16/h3-12,15,25H,13-14H2,1-2H3,(H,26,31). The lowest BCUT2D eigenvalue weighted by atomic mass is 10.1. The first kappa shape index (κ1) is 21.0. The zero-order valence-electron chi connectivity index (χ0n) is 17.8. The van der Waals surface area contributed by atoms with Gasteiger partial charge in [0.1, 0.15) is 17.8 Å². The van der Waals surface area contributed by atoms with Crippen molar-refractivity contribution >= 4 is 11.6 Å². The highest BCUT2D eigenvalue weighted by atomic mass is 16.5. The van der Waals surface area contributed by atoms with Crippen molar-refractivity contribution in [3.8, 4) is 17.3 Å². The van der Waals surface area contributed by atoms with Gasteiger partial charge >= 0.3 is 0 Å². The van der Waals surface area contributed by atoms with Gasteiger partial charge in [0.05, 0.1) is 13.7 Å². The van der Waals surface area contributed by atoms with Crippen molar-refractivity contribution in [2.45, 2.75) is 13.1 Å². The van der Waals surface area contributed by atoms with Crippen molar-refractivity contribution in [1.29, 1.82) is 0 Å². The number of rotatable bonds is 8. The summed E-state index contributed by atoms with van der Waals surface area (Å²) < 4.78 is 7.03. The zero-order valence-corrected chi connectivity index (χ0v) is 17.8. The number of methoxy groups -OCH3 is 1. The molecule has 0 aliphatic heterocycles. The Hall–Kier alpha value is -4.27. The summed E-state index contributed by atoms with van der Waals surface area (Å²) in [5.74, 6) is 2.05. The average molecular weight is 429 g/mol. The van der Waals surface area contributed by atoms with Crippen molar-refractivity contribution in [2.24, 2.45) is 7.05 Å². The molecule has 0 spiro atoms. The number of nitrogens with zero attached hydrogens (tertiary/aromatic N) is 5. The van der Waals surface area contributed by atoms with Crippen molar-refractivity contribution < 1.29 is 9.53 Å². The molecule has 9 nitrogen and oxygen atoms in total. The summed E-state index contributed by atoms with van der Waals surface area (Å²) in [5.41, 5.74) is 3.09. The van der Waals surface area contributed by atoms with Gasteiger partial charge in [-0.1, -0.05) is 18.2 Å². The Morgan fingerprint density at radius 1 is 1.06 bits per heavy atom. The van der Waals surface area contributed by atoms with Gasteiger partial charge < -0.3 is 19.9 Å². The van der Waals surface area contributed by atoms with Crippen molar-refractivity contribution in [1.82, 2.24) is 30.0 Å². The molecule has 0 aliphatic carbocycles. The molecular weight excluding hydrogens is 406 g/mol. The van der Waals surface area contributed by atoms with Crippen LogP contribution in [0.2, 0.25) is 0 Å². The normalized spacial score (nSPS) is 10.6. The second kappa shape index (κ2) is 9.69. The number of carbonyl (C=O) groups is 1. The van der Waals surface area contributed by atoms with E-state index in [-0.39, 0.29) is 5.91 Å². The number of aromatic nitrogens is 5. The fourth-order valence-corrected chi connectivity index (χ4v) is 3.14. The van der Waals surface area contributed by atoms with Gasteiger partial charge in [-0.05, 0) is 42.0 Å². The van der Waals surface area contributed by atoms with Crippen molar-refractivity contribution in [2.75, 3.05) is 12.4 Å². The molecule has 0 atom stereocenters. The average Bonchev–Trinajstić information content (AvgIpc) is 3.22. The van der Waals surface area contributed by atoms with Gasteiger partial charge in [-0.3, -0.25) is 4.79 Å². The number of amides is 1. The maximum absolute atomic E-state index is 12.6. The minimum Gasteiger partial charge on any atom is -0.497 e. The molecule has 0 saturated carbocycles. The Labute approximate surface area is 185 Å². The lowest BCUT2D eigenvalue weighted by Gasteiger charge is -2.10. The van der Waals surface area contributed by atoms with Crippen LogP contribution in [-0.4, -0.2) is 37.7 Å². The molecule has 32 heavy (non-hydrogen) atoms. The molecule has 0 bridgehead atoms. The summed E-state index contributed by atoms with van der Waals surface area (Å²) in [6.07, 6.45) is 3.15. The van der Waals surface area contributed by atoms with Crippen LogP contribution in [0.1, 0.15) is 21.7 Å². The lowest BCUT2D eigenvalue weighted by molar-refractivity contribution is 0.0951. The third kappa shape index (κ3) is 4.89. The number of hydrogen-bond acceptors (Lipinski definition) is 7. The zero-order chi connectivity index (χ0) is 22.3. The van der Waals surface area contributed by atoms with Crippen LogP contribution < -0.4 is 15.4 Å². The second-order valence-electron chi connectivity index (χ2n) is 7.06. The van der Waals surface area contributed by atoms with E-state index in [1.54, 1.807) is 25.4 Å². The predicted molar refractivity (Wildman–Crippen MR) is 120 cm³/mol. The Bertz CT molecular complexity index is 1190. The smallest absolute Gasteiger partial charge is 0.251 e. The molecule has 0 unspecified atom stereocenters. The molecule has 2 N–H and O–H groups in total. The van der Waals surface area contributed by atoms with E-state index in [1.807, 2.05) is 54.1 Å². The van der Waals surface area contributed by atoms with E-state index in [1.165, 1.54) is 6.33 Å². The van der Waals surface area contributed by atoms with E-state index in [9.17, 15) is 4.79 Å². The van der Waals surface area contributed by atoms with E-state index in [0.29, 0.717) is 30.2 Å². The Morgan fingerprint density at radius 2 is 1.91 bits per heavy atom. The van der Waals surface area contributed by atoms with Gasteiger partial charge in [0.15, 0.2) is 11.6 Å². The summed E-state index contributed by atoms with van der Waals surface area (Å²) in [6.45, 7) is 0.886. The van der Waals surface area contributed by atoms with Crippen molar-refractivity contribution in [3.63, 3.8) is 0 Å². The lowest BCUT2D eigenvalue weighted by Crippen LogP contribution is -2.22. The van der Waals surface area contributed by atoms with Gasteiger partial charge in [-0.25, -0.2) is 9.97 Å². The van der Waals surface area contributed by atoms with Crippen LogP contribution in [0, 0.1) is 0 Å². The monoisotopic (exact) mass is 429 g/mol. The maximum atomic E-state index is 12.6. The summed E-state index contributed by atoms with van der Waals surface area (Å²) in [4.78, 5) is 20.7. The minimum absolute atomic E-state index is 0.144. The van der Waals surface area contributed by atoms with Gasteiger partial charge in [0, 0.05) is 31.0 Å². The largest absolute Gasteiger partial charge is 0.497 e. The van der Waals surface area contributed by atoms with Crippen LogP contribution in [0.25, 0.3) is 11.5 Å². The quantitative estimate of drug-likeness (QED) is 0.443. The molecule has 0 aliphatic rings. The van der Waals surface area contributed by atoms with Crippen LogP contribution in [-0.2, 0) is 20.1 Å². The molecule has 0 radical (unpaired) electrons. The Balaban J connectivity index is 1.37. The third-order valence-electron chi connectivity index (χ3n) is 4.96. The van der Waals surface area contributed by atoms with E-state index in [0.717, 1.165) is 22.8 Å². The van der Waals surface area contributed by atoms with Gasteiger partial charge in [-0.15, -0.1) is 10.2 Å². The summed E-state index contributed by atoms with van der Waals surface area (Å²) in [7, 11) is 3.51. The number of carbonyl (C=O) groups excluding carboxylic acids is 1. The van der Waals surface area contributed by atoms with Crippen LogP contribution in [0.3, 0.4) is 0 Å². The molecule has 2 aromatic heterocycles. The second-order valence-corrected chi connectivity index (χ2v) is 7.06. The minimum atomic E-state index is -0.144. The fraction of sp³-hybridized carbons (Fsp3) is 0.174. The molecule has 0 fully saturated rings. The highest BCUT2D eigenvalue weighted by molar-refractivity contribution is 5.95. The first-order valence-electron chi connectivity index (χ1n) is 10.0.